The molecule has 0 aliphatic carbocycles. The van der Waals surface area contributed by atoms with Gasteiger partial charge < -0.3 is 14.6 Å². The summed E-state index contributed by atoms with van der Waals surface area (Å²) in [6.07, 6.45) is 2.98. The highest BCUT2D eigenvalue weighted by Crippen LogP contribution is 2.23. The molecule has 0 unspecified atom stereocenters. The molecule has 1 N–H and O–H groups in total. The van der Waals surface area contributed by atoms with Crippen molar-refractivity contribution in [3.05, 3.63) is 42.4 Å². The van der Waals surface area contributed by atoms with E-state index in [-0.39, 0.29) is 6.61 Å². The molecule has 0 fully saturated rings. The molecule has 18 heavy (non-hydrogen) atoms. The second-order valence-electron chi connectivity index (χ2n) is 3.52. The quantitative estimate of drug-likeness (QED) is 0.875. The summed E-state index contributed by atoms with van der Waals surface area (Å²) in [7, 11) is 0. The number of ether oxygens (including phenoxy) is 2. The van der Waals surface area contributed by atoms with Crippen LogP contribution in [0.3, 0.4) is 0 Å². The van der Waals surface area contributed by atoms with E-state index in [2.05, 4.69) is 9.97 Å². The van der Waals surface area contributed by atoms with E-state index in [1.807, 2.05) is 19.1 Å². The van der Waals surface area contributed by atoms with Crippen molar-refractivity contribution in [1.29, 1.82) is 0 Å². The van der Waals surface area contributed by atoms with E-state index in [1.165, 1.54) is 12.4 Å². The standard InChI is InChI=1S/C13H14N2O3/c1-2-17-11-4-3-5-12(6-11)18-13-8-14-7-10(9-16)15-13/h3-8,16H,2,9H2,1H3. The number of hydrogen-bond donors (Lipinski definition) is 1. The number of aromatic nitrogens is 2. The Balaban J connectivity index is 2.14. The molecule has 0 spiro atoms. The predicted octanol–water partition coefficient (Wildman–Crippen LogP) is 2.16. The lowest BCUT2D eigenvalue weighted by Gasteiger charge is -2.07. The van der Waals surface area contributed by atoms with Crippen molar-refractivity contribution >= 4 is 0 Å². The topological polar surface area (TPSA) is 64.5 Å². The fourth-order valence-electron chi connectivity index (χ4n) is 1.43. The number of benzene rings is 1. The van der Waals surface area contributed by atoms with Crippen LogP contribution in [0.1, 0.15) is 12.6 Å². The van der Waals surface area contributed by atoms with E-state index in [0.29, 0.717) is 23.9 Å². The highest BCUT2D eigenvalue weighted by Gasteiger charge is 2.02. The Labute approximate surface area is 105 Å². The molecule has 0 aliphatic rings. The van der Waals surface area contributed by atoms with Crippen molar-refractivity contribution in [2.24, 2.45) is 0 Å². The third-order valence-corrected chi connectivity index (χ3v) is 2.16. The minimum absolute atomic E-state index is 0.164. The van der Waals surface area contributed by atoms with Crippen LogP contribution in [0.25, 0.3) is 0 Å². The van der Waals surface area contributed by atoms with Gasteiger partial charge in [-0.2, -0.15) is 0 Å². The van der Waals surface area contributed by atoms with Gasteiger partial charge in [-0.15, -0.1) is 0 Å². The molecule has 5 heteroatoms. The highest BCUT2D eigenvalue weighted by atomic mass is 16.5. The Kier molecular flexibility index (Phi) is 4.09. The van der Waals surface area contributed by atoms with Crippen LogP contribution < -0.4 is 9.47 Å². The van der Waals surface area contributed by atoms with Crippen LogP contribution in [0.15, 0.2) is 36.7 Å². The summed E-state index contributed by atoms with van der Waals surface area (Å²) in [5.74, 6) is 1.70. The van der Waals surface area contributed by atoms with Crippen LogP contribution in [-0.4, -0.2) is 21.7 Å². The monoisotopic (exact) mass is 246 g/mol. The first kappa shape index (κ1) is 12.3. The van der Waals surface area contributed by atoms with Gasteiger partial charge in [-0.3, -0.25) is 4.98 Å². The van der Waals surface area contributed by atoms with Gasteiger partial charge in [0.2, 0.25) is 5.88 Å². The smallest absolute Gasteiger partial charge is 0.238 e. The molecule has 94 valence electrons. The molecule has 0 atom stereocenters. The lowest BCUT2D eigenvalue weighted by molar-refractivity contribution is 0.274. The summed E-state index contributed by atoms with van der Waals surface area (Å²) >= 11 is 0. The molecule has 1 heterocycles. The molecule has 1 aromatic carbocycles. The average molecular weight is 246 g/mol. The van der Waals surface area contributed by atoms with Crippen LogP contribution in [0.5, 0.6) is 17.4 Å². The molecule has 0 radical (unpaired) electrons. The van der Waals surface area contributed by atoms with Gasteiger partial charge in [0.05, 0.1) is 31.3 Å². The molecule has 0 aliphatic heterocycles. The molecule has 1 aromatic heterocycles. The first-order valence-corrected chi connectivity index (χ1v) is 5.64. The second-order valence-corrected chi connectivity index (χ2v) is 3.52. The number of nitrogens with zero attached hydrogens (tertiary/aromatic N) is 2. The minimum Gasteiger partial charge on any atom is -0.494 e. The van der Waals surface area contributed by atoms with Crippen molar-refractivity contribution in [2.75, 3.05) is 6.61 Å². The Morgan fingerprint density at radius 3 is 2.83 bits per heavy atom. The molecular formula is C13H14N2O3. The van der Waals surface area contributed by atoms with E-state index in [9.17, 15) is 0 Å². The SMILES string of the molecule is CCOc1cccc(Oc2cncc(CO)n2)c1. The summed E-state index contributed by atoms with van der Waals surface area (Å²) in [5.41, 5.74) is 0.466. The van der Waals surface area contributed by atoms with Gasteiger partial charge in [0.15, 0.2) is 0 Å². The van der Waals surface area contributed by atoms with Gasteiger partial charge in [0.25, 0.3) is 0 Å². The fourth-order valence-corrected chi connectivity index (χ4v) is 1.43. The lowest BCUT2D eigenvalue weighted by Crippen LogP contribution is -1.95. The van der Waals surface area contributed by atoms with E-state index >= 15 is 0 Å². The van der Waals surface area contributed by atoms with Crippen molar-refractivity contribution in [3.63, 3.8) is 0 Å². The zero-order chi connectivity index (χ0) is 12.8. The average Bonchev–Trinajstić information content (AvgIpc) is 2.40. The Morgan fingerprint density at radius 2 is 2.06 bits per heavy atom. The normalized spacial score (nSPS) is 10.1. The van der Waals surface area contributed by atoms with Crippen LogP contribution >= 0.6 is 0 Å². The third kappa shape index (κ3) is 3.18. The van der Waals surface area contributed by atoms with Crippen LogP contribution in [-0.2, 0) is 6.61 Å². The minimum atomic E-state index is -0.164. The maximum Gasteiger partial charge on any atom is 0.238 e. The zero-order valence-electron chi connectivity index (χ0n) is 10.0. The first-order valence-electron chi connectivity index (χ1n) is 5.64. The number of rotatable bonds is 5. The molecule has 0 saturated heterocycles. The summed E-state index contributed by atoms with van der Waals surface area (Å²) < 4.78 is 10.9. The number of aliphatic hydroxyl groups excluding tert-OH is 1. The number of aliphatic hydroxyl groups is 1. The van der Waals surface area contributed by atoms with Crippen molar-refractivity contribution in [2.45, 2.75) is 13.5 Å². The molecule has 0 bridgehead atoms. The summed E-state index contributed by atoms with van der Waals surface area (Å²) in [5, 5.41) is 8.96. The van der Waals surface area contributed by atoms with Gasteiger partial charge in [-0.1, -0.05) is 6.07 Å². The van der Waals surface area contributed by atoms with Gasteiger partial charge in [-0.25, -0.2) is 4.98 Å². The molecular weight excluding hydrogens is 232 g/mol. The maximum atomic E-state index is 8.96. The van der Waals surface area contributed by atoms with Crippen molar-refractivity contribution in [1.82, 2.24) is 9.97 Å². The van der Waals surface area contributed by atoms with Gasteiger partial charge >= 0.3 is 0 Å². The summed E-state index contributed by atoms with van der Waals surface area (Å²) in [6.45, 7) is 2.36. The van der Waals surface area contributed by atoms with Gasteiger partial charge in [0, 0.05) is 6.07 Å². The third-order valence-electron chi connectivity index (χ3n) is 2.16. The lowest BCUT2D eigenvalue weighted by atomic mass is 10.3. The predicted molar refractivity (Wildman–Crippen MR) is 65.6 cm³/mol. The maximum absolute atomic E-state index is 8.96. The first-order chi connectivity index (χ1) is 8.81. The fraction of sp³-hybridized carbons (Fsp3) is 0.231. The molecule has 0 saturated carbocycles. The Bertz CT molecular complexity index is 517. The van der Waals surface area contributed by atoms with Crippen LogP contribution in [0.4, 0.5) is 0 Å². The van der Waals surface area contributed by atoms with Gasteiger partial charge in [-0.05, 0) is 19.1 Å². The zero-order valence-corrected chi connectivity index (χ0v) is 10.0. The summed E-state index contributed by atoms with van der Waals surface area (Å²) in [6, 6.07) is 7.27. The summed E-state index contributed by atoms with van der Waals surface area (Å²) in [4.78, 5) is 8.02. The van der Waals surface area contributed by atoms with E-state index in [0.717, 1.165) is 5.75 Å². The van der Waals surface area contributed by atoms with Gasteiger partial charge in [0.1, 0.15) is 11.5 Å². The van der Waals surface area contributed by atoms with E-state index < -0.39 is 0 Å². The Morgan fingerprint density at radius 1 is 1.22 bits per heavy atom. The molecule has 5 nitrogen and oxygen atoms in total. The van der Waals surface area contributed by atoms with Crippen LogP contribution in [0.2, 0.25) is 0 Å². The van der Waals surface area contributed by atoms with E-state index in [1.54, 1.807) is 12.1 Å². The highest BCUT2D eigenvalue weighted by molar-refractivity contribution is 5.34. The number of hydrogen-bond acceptors (Lipinski definition) is 5. The van der Waals surface area contributed by atoms with Crippen molar-refractivity contribution < 1.29 is 14.6 Å². The molecule has 0 amide bonds. The van der Waals surface area contributed by atoms with Crippen molar-refractivity contribution in [3.8, 4) is 17.4 Å². The molecule has 2 rings (SSSR count). The van der Waals surface area contributed by atoms with Crippen LogP contribution in [0, 0.1) is 0 Å². The van der Waals surface area contributed by atoms with E-state index in [4.69, 9.17) is 14.6 Å². The molecule has 2 aromatic rings. The largest absolute Gasteiger partial charge is 0.494 e. The Hall–Kier alpha value is -2.14. The second kappa shape index (κ2) is 5.97.